The average Bonchev–Trinajstić information content (AvgIpc) is 3.31. The van der Waals surface area contributed by atoms with E-state index in [4.69, 9.17) is 9.47 Å². The van der Waals surface area contributed by atoms with Crippen LogP contribution in [0.2, 0.25) is 0 Å². The Morgan fingerprint density at radius 2 is 2.42 bits per heavy atom. The fraction of sp³-hybridized carbons (Fsp3) is 0.471. The molecule has 0 spiro atoms. The number of carbonyl (C=O) groups is 1. The average molecular weight is 330 g/mol. The van der Waals surface area contributed by atoms with Crippen LogP contribution < -0.4 is 5.32 Å². The molecule has 24 heavy (non-hydrogen) atoms. The second-order valence-electron chi connectivity index (χ2n) is 5.69. The molecule has 0 bridgehead atoms. The summed E-state index contributed by atoms with van der Waals surface area (Å²) in [4.78, 5) is 20.3. The number of amides is 1. The summed E-state index contributed by atoms with van der Waals surface area (Å²) in [6.45, 7) is 2.69. The van der Waals surface area contributed by atoms with Gasteiger partial charge in [0.25, 0.3) is 5.91 Å². The van der Waals surface area contributed by atoms with Gasteiger partial charge >= 0.3 is 0 Å². The van der Waals surface area contributed by atoms with Crippen LogP contribution in [0, 0.1) is 0 Å². The molecule has 1 saturated heterocycles. The highest BCUT2D eigenvalue weighted by atomic mass is 16.5. The van der Waals surface area contributed by atoms with Crippen molar-refractivity contribution in [2.24, 2.45) is 0 Å². The number of pyridine rings is 1. The molecule has 1 amide bonds. The van der Waals surface area contributed by atoms with Crippen LogP contribution in [-0.2, 0) is 9.47 Å². The van der Waals surface area contributed by atoms with Gasteiger partial charge in [0.2, 0.25) is 0 Å². The van der Waals surface area contributed by atoms with Crippen LogP contribution >= 0.6 is 0 Å². The van der Waals surface area contributed by atoms with Crippen LogP contribution in [0.5, 0.6) is 0 Å². The number of nitrogens with one attached hydrogen (secondary N) is 1. The Kier molecular flexibility index (Phi) is 5.92. The van der Waals surface area contributed by atoms with E-state index in [0.29, 0.717) is 25.3 Å². The lowest BCUT2D eigenvalue weighted by Crippen LogP contribution is -2.26. The minimum absolute atomic E-state index is 0.126. The minimum Gasteiger partial charge on any atom is -0.379 e. The van der Waals surface area contributed by atoms with Crippen molar-refractivity contribution in [2.75, 3.05) is 26.4 Å². The molecule has 0 radical (unpaired) electrons. The number of imidazole rings is 1. The van der Waals surface area contributed by atoms with Gasteiger partial charge in [-0.3, -0.25) is 9.36 Å². The zero-order valence-electron chi connectivity index (χ0n) is 13.6. The van der Waals surface area contributed by atoms with E-state index in [1.54, 1.807) is 41.6 Å². The molecular weight excluding hydrogens is 308 g/mol. The first-order valence-corrected chi connectivity index (χ1v) is 8.25. The Labute approximate surface area is 141 Å². The fourth-order valence-electron chi connectivity index (χ4n) is 2.54. The van der Waals surface area contributed by atoms with Crippen molar-refractivity contribution in [3.63, 3.8) is 0 Å². The van der Waals surface area contributed by atoms with Gasteiger partial charge in [0, 0.05) is 38.3 Å². The molecule has 7 heteroatoms. The summed E-state index contributed by atoms with van der Waals surface area (Å²) in [5.41, 5.74) is 0.541. The van der Waals surface area contributed by atoms with E-state index in [9.17, 15) is 4.79 Å². The molecule has 1 unspecified atom stereocenters. The summed E-state index contributed by atoms with van der Waals surface area (Å²) in [5, 5.41) is 2.87. The molecule has 7 nitrogen and oxygen atoms in total. The quantitative estimate of drug-likeness (QED) is 0.744. The molecule has 3 rings (SSSR count). The topological polar surface area (TPSA) is 78.3 Å². The molecule has 128 valence electrons. The number of nitrogens with zero attached hydrogens (tertiary/aromatic N) is 3. The summed E-state index contributed by atoms with van der Waals surface area (Å²) >= 11 is 0. The molecule has 0 aromatic carbocycles. The van der Waals surface area contributed by atoms with Crippen molar-refractivity contribution in [1.82, 2.24) is 19.9 Å². The van der Waals surface area contributed by atoms with Gasteiger partial charge in [0.1, 0.15) is 12.1 Å². The standard InChI is InChI=1S/C17H22N4O3/c22-17(19-6-2-9-23-12-15-3-1-10-24-15)14-4-5-16(20-11-14)21-8-7-18-13-21/h4-5,7-8,11,13,15H,1-3,6,9-10,12H2,(H,19,22). The van der Waals surface area contributed by atoms with E-state index in [2.05, 4.69) is 15.3 Å². The van der Waals surface area contributed by atoms with Gasteiger partial charge < -0.3 is 14.8 Å². The van der Waals surface area contributed by atoms with Gasteiger partial charge in [-0.15, -0.1) is 0 Å². The first-order valence-electron chi connectivity index (χ1n) is 8.25. The third-order valence-electron chi connectivity index (χ3n) is 3.86. The van der Waals surface area contributed by atoms with Crippen molar-refractivity contribution in [3.8, 4) is 5.82 Å². The Balaban J connectivity index is 1.34. The highest BCUT2D eigenvalue weighted by Gasteiger charge is 2.15. The Morgan fingerprint density at radius 1 is 1.46 bits per heavy atom. The highest BCUT2D eigenvalue weighted by Crippen LogP contribution is 2.11. The molecular formula is C17H22N4O3. The van der Waals surface area contributed by atoms with E-state index in [1.165, 1.54) is 0 Å². The van der Waals surface area contributed by atoms with E-state index in [1.807, 2.05) is 0 Å². The third-order valence-corrected chi connectivity index (χ3v) is 3.86. The molecule has 2 aromatic rings. The van der Waals surface area contributed by atoms with Gasteiger partial charge in [-0.1, -0.05) is 0 Å². The van der Waals surface area contributed by atoms with Crippen molar-refractivity contribution >= 4 is 5.91 Å². The smallest absolute Gasteiger partial charge is 0.252 e. The number of aromatic nitrogens is 3. The van der Waals surface area contributed by atoms with E-state index >= 15 is 0 Å². The van der Waals surface area contributed by atoms with Crippen molar-refractivity contribution in [2.45, 2.75) is 25.4 Å². The van der Waals surface area contributed by atoms with Crippen LogP contribution in [0.25, 0.3) is 5.82 Å². The fourth-order valence-corrected chi connectivity index (χ4v) is 2.54. The minimum atomic E-state index is -0.126. The maximum atomic E-state index is 12.1. The summed E-state index contributed by atoms with van der Waals surface area (Å²) < 4.78 is 12.8. The Bertz CT molecular complexity index is 622. The molecule has 1 N–H and O–H groups in total. The number of hydrogen-bond donors (Lipinski definition) is 1. The monoisotopic (exact) mass is 330 g/mol. The molecule has 3 heterocycles. The molecule has 1 atom stereocenters. The molecule has 0 aliphatic carbocycles. The number of rotatable bonds is 8. The van der Waals surface area contributed by atoms with Crippen molar-refractivity contribution in [1.29, 1.82) is 0 Å². The Morgan fingerprint density at radius 3 is 3.12 bits per heavy atom. The zero-order valence-corrected chi connectivity index (χ0v) is 13.6. The molecule has 0 saturated carbocycles. The van der Waals surface area contributed by atoms with Crippen LogP contribution in [-0.4, -0.2) is 52.9 Å². The van der Waals surface area contributed by atoms with Crippen molar-refractivity contribution < 1.29 is 14.3 Å². The van der Waals surface area contributed by atoms with Gasteiger partial charge in [-0.25, -0.2) is 9.97 Å². The second-order valence-corrected chi connectivity index (χ2v) is 5.69. The lowest BCUT2D eigenvalue weighted by atomic mass is 10.2. The molecule has 1 aliphatic rings. The SMILES string of the molecule is O=C(NCCCOCC1CCCO1)c1ccc(-n2ccnc2)nc1. The first-order chi connectivity index (χ1) is 11.8. The van der Waals surface area contributed by atoms with Crippen LogP contribution in [0.3, 0.4) is 0 Å². The maximum Gasteiger partial charge on any atom is 0.252 e. The zero-order chi connectivity index (χ0) is 16.6. The lowest BCUT2D eigenvalue weighted by Gasteiger charge is -2.10. The van der Waals surface area contributed by atoms with Crippen LogP contribution in [0.4, 0.5) is 0 Å². The largest absolute Gasteiger partial charge is 0.379 e. The van der Waals surface area contributed by atoms with E-state index in [0.717, 1.165) is 31.7 Å². The maximum absolute atomic E-state index is 12.1. The number of carbonyl (C=O) groups excluding carboxylic acids is 1. The third kappa shape index (κ3) is 4.62. The normalized spacial score (nSPS) is 17.1. The number of ether oxygens (including phenoxy) is 2. The van der Waals surface area contributed by atoms with E-state index < -0.39 is 0 Å². The van der Waals surface area contributed by atoms with Crippen LogP contribution in [0.15, 0.2) is 37.1 Å². The van der Waals surface area contributed by atoms with Crippen LogP contribution in [0.1, 0.15) is 29.6 Å². The summed E-state index contributed by atoms with van der Waals surface area (Å²) in [6, 6.07) is 3.55. The van der Waals surface area contributed by atoms with Gasteiger partial charge in [-0.2, -0.15) is 0 Å². The first kappa shape index (κ1) is 16.6. The highest BCUT2D eigenvalue weighted by molar-refractivity contribution is 5.93. The molecule has 2 aromatic heterocycles. The summed E-state index contributed by atoms with van der Waals surface area (Å²) in [5.74, 6) is 0.602. The molecule has 1 fully saturated rings. The number of hydrogen-bond acceptors (Lipinski definition) is 5. The van der Waals surface area contributed by atoms with Gasteiger partial charge in [-0.05, 0) is 31.4 Å². The predicted molar refractivity (Wildman–Crippen MR) is 88.1 cm³/mol. The van der Waals surface area contributed by atoms with Gasteiger partial charge in [0.15, 0.2) is 0 Å². The second kappa shape index (κ2) is 8.56. The predicted octanol–water partition coefficient (Wildman–Crippen LogP) is 1.58. The lowest BCUT2D eigenvalue weighted by molar-refractivity contribution is 0.0166. The van der Waals surface area contributed by atoms with Gasteiger partial charge in [0.05, 0.1) is 18.3 Å². The summed E-state index contributed by atoms with van der Waals surface area (Å²) in [6.07, 6.45) is 9.95. The Hall–Kier alpha value is -2.25. The van der Waals surface area contributed by atoms with Crippen molar-refractivity contribution in [3.05, 3.63) is 42.6 Å². The molecule has 1 aliphatic heterocycles. The van der Waals surface area contributed by atoms with E-state index in [-0.39, 0.29) is 12.0 Å². The summed E-state index contributed by atoms with van der Waals surface area (Å²) in [7, 11) is 0.